The minimum absolute atomic E-state index is 0.198. The molecule has 1 aliphatic heterocycles. The summed E-state index contributed by atoms with van der Waals surface area (Å²) in [6, 6.07) is 29.7. The van der Waals surface area contributed by atoms with Gasteiger partial charge in [0.15, 0.2) is 4.80 Å². The van der Waals surface area contributed by atoms with Gasteiger partial charge in [-0.3, -0.25) is 14.2 Å². The fourth-order valence-electron chi connectivity index (χ4n) is 5.34. The molecule has 2 N–H and O–H groups in total. The van der Waals surface area contributed by atoms with Crippen LogP contribution in [0, 0.1) is 0 Å². The van der Waals surface area contributed by atoms with Crippen LogP contribution < -0.4 is 29.7 Å². The topological polar surface area (TPSA) is 119 Å². The Morgan fingerprint density at radius 3 is 2.34 bits per heavy atom. The molecule has 1 aliphatic rings. The number of anilines is 1. The number of benzene rings is 4. The molecular formula is C37H31N3O6S. The van der Waals surface area contributed by atoms with Crippen LogP contribution in [0.5, 0.6) is 11.5 Å². The van der Waals surface area contributed by atoms with Crippen LogP contribution in [0.4, 0.5) is 5.69 Å². The lowest BCUT2D eigenvalue weighted by atomic mass is 9.95. The zero-order chi connectivity index (χ0) is 32.9. The number of allylic oxidation sites excluding steroid dienone is 1. The van der Waals surface area contributed by atoms with Crippen LogP contribution in [0.1, 0.15) is 46.9 Å². The molecule has 236 valence electrons. The second-order valence-corrected chi connectivity index (χ2v) is 11.7. The number of aromatic nitrogens is 1. The van der Waals surface area contributed by atoms with Crippen molar-refractivity contribution in [2.24, 2.45) is 4.99 Å². The maximum absolute atomic E-state index is 14.2. The number of hydrogen-bond donors (Lipinski definition) is 2. The van der Waals surface area contributed by atoms with Crippen LogP contribution in [0.3, 0.4) is 0 Å². The zero-order valence-corrected chi connectivity index (χ0v) is 26.5. The van der Waals surface area contributed by atoms with Gasteiger partial charge in [0.1, 0.15) is 18.1 Å². The van der Waals surface area contributed by atoms with Crippen LogP contribution in [-0.4, -0.2) is 28.2 Å². The molecule has 1 aromatic heterocycles. The average Bonchev–Trinajstić information content (AvgIpc) is 3.38. The summed E-state index contributed by atoms with van der Waals surface area (Å²) in [4.78, 5) is 44.4. The monoisotopic (exact) mass is 645 g/mol. The fourth-order valence-corrected chi connectivity index (χ4v) is 6.37. The minimum atomic E-state index is -0.992. The molecular weight excluding hydrogens is 614 g/mol. The van der Waals surface area contributed by atoms with Gasteiger partial charge in [-0.05, 0) is 73.5 Å². The quantitative estimate of drug-likeness (QED) is 0.206. The second kappa shape index (κ2) is 13.7. The number of hydrogen-bond acceptors (Lipinski definition) is 7. The van der Waals surface area contributed by atoms with Gasteiger partial charge in [0, 0.05) is 11.3 Å². The predicted octanol–water partition coefficient (Wildman–Crippen LogP) is 5.55. The lowest BCUT2D eigenvalue weighted by Crippen LogP contribution is -2.40. The van der Waals surface area contributed by atoms with Crippen molar-refractivity contribution in [2.75, 3.05) is 11.9 Å². The molecule has 6 rings (SSSR count). The Morgan fingerprint density at radius 2 is 1.64 bits per heavy atom. The molecule has 0 saturated carbocycles. The van der Waals surface area contributed by atoms with E-state index in [4.69, 9.17) is 14.5 Å². The molecule has 2 heterocycles. The van der Waals surface area contributed by atoms with E-state index < -0.39 is 12.0 Å². The highest BCUT2D eigenvalue weighted by Crippen LogP contribution is 2.32. The van der Waals surface area contributed by atoms with E-state index in [1.165, 1.54) is 23.5 Å². The summed E-state index contributed by atoms with van der Waals surface area (Å²) >= 11 is 1.24. The number of amides is 1. The van der Waals surface area contributed by atoms with Crippen molar-refractivity contribution < 1.29 is 24.2 Å². The molecule has 0 spiro atoms. The van der Waals surface area contributed by atoms with E-state index in [-0.39, 0.29) is 23.6 Å². The molecule has 5 aromatic rings. The summed E-state index contributed by atoms with van der Waals surface area (Å²) in [7, 11) is 0. The number of ether oxygens (including phenoxy) is 2. The van der Waals surface area contributed by atoms with Gasteiger partial charge in [-0.15, -0.1) is 0 Å². The lowest BCUT2D eigenvalue weighted by molar-refractivity contribution is -0.113. The Balaban J connectivity index is 1.39. The molecule has 0 bridgehead atoms. The van der Waals surface area contributed by atoms with E-state index in [0.29, 0.717) is 50.0 Å². The van der Waals surface area contributed by atoms with E-state index in [1.54, 1.807) is 41.8 Å². The van der Waals surface area contributed by atoms with Crippen LogP contribution in [0.15, 0.2) is 124 Å². The number of carbonyl (C=O) groups is 2. The molecule has 47 heavy (non-hydrogen) atoms. The first-order valence-corrected chi connectivity index (χ1v) is 15.8. The smallest absolute Gasteiger partial charge is 0.335 e. The number of para-hydroxylation sites is 2. The highest BCUT2D eigenvalue weighted by atomic mass is 32.1. The summed E-state index contributed by atoms with van der Waals surface area (Å²) in [5.41, 5.74) is 3.67. The molecule has 9 nitrogen and oxygen atoms in total. The first-order valence-electron chi connectivity index (χ1n) is 15.0. The summed E-state index contributed by atoms with van der Waals surface area (Å²) in [5.74, 6) is -0.0918. The number of carboxylic acids is 1. The third kappa shape index (κ3) is 6.78. The number of nitrogens with zero attached hydrogens (tertiary/aromatic N) is 2. The largest absolute Gasteiger partial charge is 0.494 e. The van der Waals surface area contributed by atoms with Crippen molar-refractivity contribution in [1.29, 1.82) is 0 Å². The molecule has 1 atom stereocenters. The summed E-state index contributed by atoms with van der Waals surface area (Å²) in [6.07, 6.45) is 1.77. The van der Waals surface area contributed by atoms with Crippen molar-refractivity contribution in [3.05, 3.63) is 156 Å². The number of thiazole rings is 1. The lowest BCUT2D eigenvalue weighted by Gasteiger charge is -2.25. The summed E-state index contributed by atoms with van der Waals surface area (Å²) in [6.45, 7) is 4.42. The molecule has 0 fully saturated rings. The number of aromatic carboxylic acids is 1. The molecule has 0 saturated heterocycles. The van der Waals surface area contributed by atoms with Gasteiger partial charge in [0.2, 0.25) is 0 Å². The zero-order valence-electron chi connectivity index (χ0n) is 25.7. The maximum Gasteiger partial charge on any atom is 0.335 e. The van der Waals surface area contributed by atoms with Crippen molar-refractivity contribution in [3.63, 3.8) is 0 Å². The number of carboxylic acid groups (broad SMARTS) is 1. The standard InChI is InChI=1S/C37H31N3O6S/c1-3-45-29-19-17-25(18-20-29)33-32(34(41)39-28-10-5-4-6-11-28)23(2)38-37-40(33)35(42)31(47-37)21-27-9-7-8-12-30(27)46-22-24-13-15-26(16-14-24)36(43)44/h4-21,33H,3,22H2,1-2H3,(H,39,41)(H,43,44)/b31-21-/t33-/m1/s1. The van der Waals surface area contributed by atoms with Gasteiger partial charge in [0.05, 0.1) is 34.0 Å². The van der Waals surface area contributed by atoms with Gasteiger partial charge in [-0.25, -0.2) is 9.79 Å². The third-order valence-corrected chi connectivity index (χ3v) is 8.59. The van der Waals surface area contributed by atoms with Crippen LogP contribution in [0.2, 0.25) is 0 Å². The molecule has 4 aromatic carbocycles. The van der Waals surface area contributed by atoms with Crippen LogP contribution in [-0.2, 0) is 11.4 Å². The van der Waals surface area contributed by atoms with Crippen molar-refractivity contribution in [1.82, 2.24) is 4.57 Å². The minimum Gasteiger partial charge on any atom is -0.494 e. The SMILES string of the molecule is CCOc1ccc([C@@H]2C(C(=O)Nc3ccccc3)=C(C)N=c3s/c(=C\c4ccccc4OCc4ccc(C(=O)O)cc4)c(=O)n32)cc1. The normalized spacial score (nSPS) is 14.3. The summed E-state index contributed by atoms with van der Waals surface area (Å²) in [5, 5.41) is 12.1. The van der Waals surface area contributed by atoms with E-state index in [2.05, 4.69) is 5.32 Å². The molecule has 0 aliphatic carbocycles. The molecule has 10 heteroatoms. The number of carbonyl (C=O) groups excluding carboxylic acids is 1. The second-order valence-electron chi connectivity index (χ2n) is 10.7. The fraction of sp³-hybridized carbons (Fsp3) is 0.135. The molecule has 0 unspecified atom stereocenters. The predicted molar refractivity (Wildman–Crippen MR) is 181 cm³/mol. The van der Waals surface area contributed by atoms with Gasteiger partial charge in [0.25, 0.3) is 11.5 Å². The molecule has 1 amide bonds. The maximum atomic E-state index is 14.2. The number of nitrogens with one attached hydrogen (secondary N) is 1. The number of rotatable bonds is 10. The van der Waals surface area contributed by atoms with E-state index in [0.717, 1.165) is 11.1 Å². The number of fused-ring (bicyclic) bond motifs is 1. The average molecular weight is 646 g/mol. The van der Waals surface area contributed by atoms with Gasteiger partial charge in [-0.1, -0.05) is 72.0 Å². The first-order chi connectivity index (χ1) is 22.8. The van der Waals surface area contributed by atoms with E-state index in [9.17, 15) is 19.5 Å². The Bertz CT molecular complexity index is 2150. The third-order valence-electron chi connectivity index (χ3n) is 7.61. The highest BCUT2D eigenvalue weighted by Gasteiger charge is 2.32. The Kier molecular flexibility index (Phi) is 9.12. The van der Waals surface area contributed by atoms with Crippen LogP contribution in [0.25, 0.3) is 6.08 Å². The Morgan fingerprint density at radius 1 is 0.936 bits per heavy atom. The van der Waals surface area contributed by atoms with Gasteiger partial charge in [-0.2, -0.15) is 0 Å². The van der Waals surface area contributed by atoms with Gasteiger partial charge >= 0.3 is 5.97 Å². The van der Waals surface area contributed by atoms with E-state index in [1.807, 2.05) is 73.7 Å². The summed E-state index contributed by atoms with van der Waals surface area (Å²) < 4.78 is 13.8. The highest BCUT2D eigenvalue weighted by molar-refractivity contribution is 7.07. The van der Waals surface area contributed by atoms with Crippen LogP contribution >= 0.6 is 11.3 Å². The Labute approximate surface area is 274 Å². The molecule has 0 radical (unpaired) electrons. The van der Waals surface area contributed by atoms with Crippen molar-refractivity contribution in [2.45, 2.75) is 26.5 Å². The van der Waals surface area contributed by atoms with E-state index >= 15 is 0 Å². The van der Waals surface area contributed by atoms with Crippen molar-refractivity contribution >= 4 is 35.0 Å². The van der Waals surface area contributed by atoms with Crippen molar-refractivity contribution in [3.8, 4) is 11.5 Å². The first kappa shape index (κ1) is 31.3. The Hall–Kier alpha value is -5.74. The van der Waals surface area contributed by atoms with Gasteiger partial charge < -0.3 is 19.9 Å².